The highest BCUT2D eigenvalue weighted by Crippen LogP contribution is 2.33. The Bertz CT molecular complexity index is 346. The molecule has 0 aromatic carbocycles. The van der Waals surface area contributed by atoms with Crippen molar-refractivity contribution < 1.29 is 4.74 Å². The minimum Gasteiger partial charge on any atom is -0.489 e. The van der Waals surface area contributed by atoms with Crippen molar-refractivity contribution >= 4 is 15.9 Å². The van der Waals surface area contributed by atoms with Crippen LogP contribution in [0.1, 0.15) is 33.1 Å². The average molecular weight is 284 g/mol. The normalized spacial score (nSPS) is 30.1. The minimum atomic E-state index is 0.359. The molecule has 0 spiro atoms. The minimum absolute atomic E-state index is 0.359. The van der Waals surface area contributed by atoms with Gasteiger partial charge in [0.2, 0.25) is 0 Å². The number of nitrogens with zero attached hydrogens (tertiary/aromatic N) is 1. The summed E-state index contributed by atoms with van der Waals surface area (Å²) in [4.78, 5) is 4.04. The van der Waals surface area contributed by atoms with Crippen molar-refractivity contribution in [2.24, 2.45) is 11.8 Å². The van der Waals surface area contributed by atoms with Gasteiger partial charge in [-0.25, -0.2) is 0 Å². The van der Waals surface area contributed by atoms with Crippen LogP contribution in [0.2, 0.25) is 0 Å². The third-order valence-electron chi connectivity index (χ3n) is 3.16. The molecule has 2 atom stereocenters. The van der Waals surface area contributed by atoms with E-state index in [1.165, 1.54) is 19.3 Å². The van der Waals surface area contributed by atoms with Crippen LogP contribution >= 0.6 is 15.9 Å². The molecule has 1 fully saturated rings. The van der Waals surface area contributed by atoms with Gasteiger partial charge < -0.3 is 4.74 Å². The molecule has 0 radical (unpaired) electrons. The second kappa shape index (κ2) is 5.17. The van der Waals surface area contributed by atoms with Gasteiger partial charge in [0.25, 0.3) is 0 Å². The second-order valence-corrected chi connectivity index (χ2v) is 5.82. The molecule has 1 heterocycles. The Morgan fingerprint density at radius 2 is 1.94 bits per heavy atom. The first-order chi connectivity index (χ1) is 7.65. The average Bonchev–Trinajstić information content (AvgIpc) is 2.20. The molecule has 2 rings (SSSR count). The molecule has 1 aromatic heterocycles. The molecule has 1 saturated carbocycles. The molecule has 2 unspecified atom stereocenters. The molecule has 0 amide bonds. The summed E-state index contributed by atoms with van der Waals surface area (Å²) in [5.41, 5.74) is 0. The van der Waals surface area contributed by atoms with E-state index in [0.29, 0.717) is 6.10 Å². The van der Waals surface area contributed by atoms with Crippen molar-refractivity contribution in [2.75, 3.05) is 0 Å². The fourth-order valence-corrected chi connectivity index (χ4v) is 2.95. The maximum absolute atomic E-state index is 6.04. The molecule has 0 saturated heterocycles. The molecule has 0 aliphatic heterocycles. The monoisotopic (exact) mass is 283 g/mol. The van der Waals surface area contributed by atoms with Crippen LogP contribution in [0.25, 0.3) is 0 Å². The smallest absolute Gasteiger partial charge is 0.136 e. The Labute approximate surface area is 106 Å². The van der Waals surface area contributed by atoms with Gasteiger partial charge in [-0.05, 0) is 53.1 Å². The van der Waals surface area contributed by atoms with Crippen LogP contribution in [0.4, 0.5) is 0 Å². The van der Waals surface area contributed by atoms with Crippen molar-refractivity contribution in [3.63, 3.8) is 0 Å². The third kappa shape index (κ3) is 2.97. The zero-order chi connectivity index (χ0) is 11.5. The quantitative estimate of drug-likeness (QED) is 0.817. The molecule has 0 N–H and O–H groups in total. The molecule has 16 heavy (non-hydrogen) atoms. The van der Waals surface area contributed by atoms with Crippen molar-refractivity contribution in [1.29, 1.82) is 0 Å². The van der Waals surface area contributed by atoms with Crippen LogP contribution in [0.3, 0.4) is 0 Å². The van der Waals surface area contributed by atoms with E-state index in [1.807, 2.05) is 6.07 Å². The highest BCUT2D eigenvalue weighted by atomic mass is 79.9. The molecule has 3 heteroatoms. The van der Waals surface area contributed by atoms with Crippen molar-refractivity contribution in [1.82, 2.24) is 4.98 Å². The summed E-state index contributed by atoms with van der Waals surface area (Å²) in [6.07, 6.45) is 7.58. The zero-order valence-corrected chi connectivity index (χ0v) is 11.4. The lowest BCUT2D eigenvalue weighted by molar-refractivity contribution is 0.100. The number of halogens is 1. The predicted octanol–water partition coefficient (Wildman–Crippen LogP) is 4.05. The lowest BCUT2D eigenvalue weighted by atomic mass is 9.82. The van der Waals surface area contributed by atoms with Crippen LogP contribution < -0.4 is 4.74 Å². The first-order valence-electron chi connectivity index (χ1n) is 5.91. The largest absolute Gasteiger partial charge is 0.489 e. The number of hydrogen-bond donors (Lipinski definition) is 0. The topological polar surface area (TPSA) is 22.1 Å². The van der Waals surface area contributed by atoms with E-state index < -0.39 is 0 Å². The number of hydrogen-bond acceptors (Lipinski definition) is 2. The molecule has 1 aromatic rings. The van der Waals surface area contributed by atoms with Gasteiger partial charge in [0, 0.05) is 12.4 Å². The van der Waals surface area contributed by atoms with E-state index in [2.05, 4.69) is 34.8 Å². The summed E-state index contributed by atoms with van der Waals surface area (Å²) in [5.74, 6) is 2.46. The lowest BCUT2D eigenvalue weighted by Gasteiger charge is -2.31. The summed E-state index contributed by atoms with van der Waals surface area (Å²) in [7, 11) is 0. The Balaban J connectivity index is 2.02. The van der Waals surface area contributed by atoms with Crippen LogP contribution in [0.5, 0.6) is 5.75 Å². The van der Waals surface area contributed by atoms with E-state index >= 15 is 0 Å². The van der Waals surface area contributed by atoms with Gasteiger partial charge in [0.05, 0.1) is 10.6 Å². The molecular formula is C13H18BrNO. The Morgan fingerprint density at radius 1 is 1.25 bits per heavy atom. The van der Waals surface area contributed by atoms with Gasteiger partial charge in [-0.1, -0.05) is 13.8 Å². The van der Waals surface area contributed by atoms with Crippen LogP contribution in [-0.4, -0.2) is 11.1 Å². The Kier molecular flexibility index (Phi) is 3.85. The molecule has 2 nitrogen and oxygen atoms in total. The van der Waals surface area contributed by atoms with Gasteiger partial charge in [0.15, 0.2) is 0 Å². The Morgan fingerprint density at radius 3 is 2.56 bits per heavy atom. The number of rotatable bonds is 2. The summed E-state index contributed by atoms with van der Waals surface area (Å²) in [5, 5.41) is 0. The van der Waals surface area contributed by atoms with Crippen LogP contribution in [-0.2, 0) is 0 Å². The maximum atomic E-state index is 6.04. The number of pyridine rings is 1. The summed E-state index contributed by atoms with van der Waals surface area (Å²) >= 11 is 3.47. The van der Waals surface area contributed by atoms with E-state index in [1.54, 1.807) is 12.4 Å². The van der Waals surface area contributed by atoms with E-state index in [4.69, 9.17) is 4.74 Å². The highest BCUT2D eigenvalue weighted by Gasteiger charge is 2.25. The number of ether oxygens (including phenoxy) is 1. The van der Waals surface area contributed by atoms with Crippen molar-refractivity contribution in [3.8, 4) is 5.75 Å². The molecule has 0 bridgehead atoms. The fraction of sp³-hybridized carbons (Fsp3) is 0.615. The fourth-order valence-electron chi connectivity index (χ4n) is 2.61. The molecular weight excluding hydrogens is 266 g/mol. The Hall–Kier alpha value is -0.570. The summed E-state index contributed by atoms with van der Waals surface area (Å²) < 4.78 is 6.99. The van der Waals surface area contributed by atoms with Gasteiger partial charge in [-0.2, -0.15) is 0 Å². The third-order valence-corrected chi connectivity index (χ3v) is 3.76. The van der Waals surface area contributed by atoms with E-state index in [0.717, 1.165) is 22.1 Å². The molecule has 1 aliphatic rings. The zero-order valence-electron chi connectivity index (χ0n) is 9.82. The predicted molar refractivity (Wildman–Crippen MR) is 68.5 cm³/mol. The summed E-state index contributed by atoms with van der Waals surface area (Å²) in [6.45, 7) is 4.63. The standard InChI is InChI=1S/C13H18BrNO/c1-9-5-10(2)7-11(6-9)16-13-3-4-15-8-12(13)14/h3-4,8-11H,5-7H2,1-2H3. The maximum Gasteiger partial charge on any atom is 0.136 e. The van der Waals surface area contributed by atoms with Crippen molar-refractivity contribution in [2.45, 2.75) is 39.2 Å². The van der Waals surface area contributed by atoms with Crippen LogP contribution in [0.15, 0.2) is 22.9 Å². The SMILES string of the molecule is CC1CC(C)CC(Oc2ccncc2Br)C1. The first kappa shape index (κ1) is 11.9. The second-order valence-electron chi connectivity index (χ2n) is 4.96. The molecule has 1 aliphatic carbocycles. The van der Waals surface area contributed by atoms with Gasteiger partial charge in [-0.15, -0.1) is 0 Å². The highest BCUT2D eigenvalue weighted by molar-refractivity contribution is 9.10. The molecule has 88 valence electrons. The van der Waals surface area contributed by atoms with Crippen LogP contribution in [0, 0.1) is 11.8 Å². The van der Waals surface area contributed by atoms with E-state index in [-0.39, 0.29) is 0 Å². The first-order valence-corrected chi connectivity index (χ1v) is 6.70. The number of aromatic nitrogens is 1. The van der Waals surface area contributed by atoms with E-state index in [9.17, 15) is 0 Å². The summed E-state index contributed by atoms with van der Waals surface area (Å²) in [6, 6.07) is 1.92. The lowest BCUT2D eigenvalue weighted by Crippen LogP contribution is -2.28. The van der Waals surface area contributed by atoms with Crippen molar-refractivity contribution in [3.05, 3.63) is 22.9 Å². The van der Waals surface area contributed by atoms with Gasteiger partial charge >= 0.3 is 0 Å². The van der Waals surface area contributed by atoms with Gasteiger partial charge in [-0.3, -0.25) is 4.98 Å². The van der Waals surface area contributed by atoms with Gasteiger partial charge in [0.1, 0.15) is 5.75 Å².